The molecule has 2 aromatic rings. The van der Waals surface area contributed by atoms with Crippen molar-refractivity contribution in [2.75, 3.05) is 5.32 Å². The molecule has 2 amide bonds. The van der Waals surface area contributed by atoms with Crippen molar-refractivity contribution in [1.29, 1.82) is 0 Å². The molecule has 1 aromatic heterocycles. The van der Waals surface area contributed by atoms with Gasteiger partial charge >= 0.3 is 23.9 Å². The topological polar surface area (TPSA) is 142 Å². The van der Waals surface area contributed by atoms with Gasteiger partial charge in [0.25, 0.3) is 0 Å². The molecular formula is C15H11FN2O7S. The lowest BCUT2D eigenvalue weighted by atomic mass is 10.3. The zero-order chi connectivity index (χ0) is 19.3. The maximum absolute atomic E-state index is 12.8. The van der Waals surface area contributed by atoms with Crippen molar-refractivity contribution < 1.29 is 38.5 Å². The Labute approximate surface area is 149 Å². The van der Waals surface area contributed by atoms with E-state index in [-0.39, 0.29) is 22.9 Å². The van der Waals surface area contributed by atoms with Gasteiger partial charge in [0.15, 0.2) is 0 Å². The average Bonchev–Trinajstić information content (AvgIpc) is 2.98. The third-order valence-electron chi connectivity index (χ3n) is 2.87. The van der Waals surface area contributed by atoms with Crippen LogP contribution in [0.25, 0.3) is 0 Å². The van der Waals surface area contributed by atoms with Gasteiger partial charge in [-0.05, 0) is 30.3 Å². The van der Waals surface area contributed by atoms with E-state index in [0.29, 0.717) is 4.88 Å². The molecule has 11 heteroatoms. The van der Waals surface area contributed by atoms with E-state index in [4.69, 9.17) is 14.9 Å². The normalized spacial score (nSPS) is 10.0. The highest BCUT2D eigenvalue weighted by Gasteiger charge is 2.20. The molecule has 0 aliphatic rings. The quantitative estimate of drug-likeness (QED) is 0.579. The van der Waals surface area contributed by atoms with Crippen LogP contribution < -0.4 is 15.4 Å². The average molecular weight is 382 g/mol. The number of aliphatic carboxylic acids is 1. The van der Waals surface area contributed by atoms with E-state index < -0.39 is 29.8 Å². The van der Waals surface area contributed by atoms with Gasteiger partial charge in [0.2, 0.25) is 0 Å². The van der Waals surface area contributed by atoms with Crippen LogP contribution in [-0.4, -0.2) is 34.2 Å². The number of hydrogen-bond acceptors (Lipinski definition) is 6. The maximum Gasteiger partial charge on any atom is 0.412 e. The van der Waals surface area contributed by atoms with Crippen molar-refractivity contribution in [3.8, 4) is 5.75 Å². The molecule has 0 spiro atoms. The second kappa shape index (κ2) is 8.07. The number of nitrogens with one attached hydrogen (secondary N) is 2. The van der Waals surface area contributed by atoms with Crippen LogP contribution in [0.2, 0.25) is 0 Å². The van der Waals surface area contributed by atoms with E-state index in [0.717, 1.165) is 23.5 Å². The summed E-state index contributed by atoms with van der Waals surface area (Å²) in [5, 5.41) is 21.8. The van der Waals surface area contributed by atoms with Crippen molar-refractivity contribution >= 4 is 40.3 Å². The molecule has 0 unspecified atom stereocenters. The summed E-state index contributed by atoms with van der Waals surface area (Å²) in [7, 11) is 0. The van der Waals surface area contributed by atoms with Crippen LogP contribution in [0.15, 0.2) is 30.3 Å². The van der Waals surface area contributed by atoms with E-state index in [1.165, 1.54) is 18.2 Å². The minimum Gasteiger partial charge on any atom is -0.478 e. The third-order valence-corrected chi connectivity index (χ3v) is 3.92. The Morgan fingerprint density at radius 3 is 2.35 bits per heavy atom. The molecule has 0 saturated heterocycles. The lowest BCUT2D eigenvalue weighted by molar-refractivity contribution is -0.147. The summed E-state index contributed by atoms with van der Waals surface area (Å²) in [6.45, 7) is -0.131. The molecule has 26 heavy (non-hydrogen) atoms. The van der Waals surface area contributed by atoms with Gasteiger partial charge in [-0.1, -0.05) is 0 Å². The van der Waals surface area contributed by atoms with Gasteiger partial charge in [-0.25, -0.2) is 18.8 Å². The number of amides is 2. The SMILES string of the molecule is O=C(NCc1cc(C(=O)O)c(NC(=O)C(=O)O)s1)Oc1ccc(F)cc1. The van der Waals surface area contributed by atoms with Crippen LogP contribution >= 0.6 is 11.3 Å². The smallest absolute Gasteiger partial charge is 0.412 e. The summed E-state index contributed by atoms with van der Waals surface area (Å²) in [6, 6.07) is 5.91. The Morgan fingerprint density at radius 1 is 1.12 bits per heavy atom. The van der Waals surface area contributed by atoms with Gasteiger partial charge in [-0.3, -0.25) is 4.79 Å². The minimum absolute atomic E-state index is 0.107. The maximum atomic E-state index is 12.8. The molecule has 2 rings (SSSR count). The summed E-state index contributed by atoms with van der Waals surface area (Å²) in [5.74, 6) is -4.91. The fourth-order valence-corrected chi connectivity index (χ4v) is 2.73. The molecule has 136 valence electrons. The molecule has 4 N–H and O–H groups in total. The van der Waals surface area contributed by atoms with E-state index in [9.17, 15) is 23.6 Å². The first-order valence-electron chi connectivity index (χ1n) is 6.88. The number of carboxylic acid groups (broad SMARTS) is 2. The molecule has 1 aromatic carbocycles. The van der Waals surface area contributed by atoms with Crippen molar-refractivity contribution in [1.82, 2.24) is 5.32 Å². The first-order valence-corrected chi connectivity index (χ1v) is 7.69. The van der Waals surface area contributed by atoms with E-state index in [1.807, 2.05) is 5.32 Å². The lowest BCUT2D eigenvalue weighted by Crippen LogP contribution is -2.25. The zero-order valence-corrected chi connectivity index (χ0v) is 13.6. The first kappa shape index (κ1) is 18.9. The third kappa shape index (κ3) is 5.01. The summed E-state index contributed by atoms with van der Waals surface area (Å²) in [5.41, 5.74) is -0.312. The van der Waals surface area contributed by atoms with Gasteiger partial charge < -0.3 is 25.6 Å². The van der Waals surface area contributed by atoms with Gasteiger partial charge in [0.1, 0.15) is 16.6 Å². The molecule has 0 atom stereocenters. The van der Waals surface area contributed by atoms with Gasteiger partial charge in [0.05, 0.1) is 12.1 Å². The van der Waals surface area contributed by atoms with Crippen LogP contribution in [0.1, 0.15) is 15.2 Å². The Morgan fingerprint density at radius 2 is 1.77 bits per heavy atom. The summed E-state index contributed by atoms with van der Waals surface area (Å²) >= 11 is 0.788. The molecule has 0 aliphatic carbocycles. The Balaban J connectivity index is 2.01. The van der Waals surface area contributed by atoms with E-state index >= 15 is 0 Å². The van der Waals surface area contributed by atoms with Gasteiger partial charge in [-0.2, -0.15) is 0 Å². The number of hydrogen-bond donors (Lipinski definition) is 4. The number of ether oxygens (including phenoxy) is 1. The van der Waals surface area contributed by atoms with Crippen molar-refractivity contribution in [3.05, 3.63) is 46.6 Å². The van der Waals surface area contributed by atoms with Crippen LogP contribution in [0, 0.1) is 5.82 Å². The predicted molar refractivity (Wildman–Crippen MR) is 86.8 cm³/mol. The van der Waals surface area contributed by atoms with Gasteiger partial charge in [0, 0.05) is 4.88 Å². The van der Waals surface area contributed by atoms with Crippen molar-refractivity contribution in [2.24, 2.45) is 0 Å². The molecule has 0 aliphatic heterocycles. The number of rotatable bonds is 5. The molecule has 0 bridgehead atoms. The van der Waals surface area contributed by atoms with Gasteiger partial charge in [-0.15, -0.1) is 11.3 Å². The Kier molecular flexibility index (Phi) is 5.86. The van der Waals surface area contributed by atoms with Crippen LogP contribution in [0.3, 0.4) is 0 Å². The predicted octanol–water partition coefficient (Wildman–Crippen LogP) is 1.90. The van der Waals surface area contributed by atoms with E-state index in [1.54, 1.807) is 0 Å². The van der Waals surface area contributed by atoms with Crippen molar-refractivity contribution in [3.63, 3.8) is 0 Å². The molecule has 9 nitrogen and oxygen atoms in total. The summed E-state index contributed by atoms with van der Waals surface area (Å²) in [6.07, 6.45) is -0.863. The lowest BCUT2D eigenvalue weighted by Gasteiger charge is -2.05. The molecule has 0 fully saturated rings. The van der Waals surface area contributed by atoms with Crippen LogP contribution in [-0.2, 0) is 16.1 Å². The fourth-order valence-electron chi connectivity index (χ4n) is 1.74. The second-order valence-electron chi connectivity index (χ2n) is 4.72. The number of anilines is 1. The van der Waals surface area contributed by atoms with Crippen LogP contribution in [0.4, 0.5) is 14.2 Å². The fraction of sp³-hybridized carbons (Fsp3) is 0.0667. The number of halogens is 1. The monoisotopic (exact) mass is 382 g/mol. The number of benzene rings is 1. The number of carboxylic acids is 2. The Hall–Kier alpha value is -3.47. The summed E-state index contributed by atoms with van der Waals surface area (Å²) in [4.78, 5) is 44.9. The zero-order valence-electron chi connectivity index (χ0n) is 12.8. The molecule has 0 radical (unpaired) electrons. The summed E-state index contributed by atoms with van der Waals surface area (Å²) < 4.78 is 17.7. The Bertz CT molecular complexity index is 863. The molecule has 0 saturated carbocycles. The minimum atomic E-state index is -1.77. The molecular weight excluding hydrogens is 371 g/mol. The standard InChI is InChI=1S/C15H11FN2O7S/c16-7-1-3-8(4-2-7)25-15(24)17-6-9-5-10(13(20)21)12(26-9)18-11(19)14(22)23/h1-5H,6H2,(H,17,24)(H,18,19)(H,20,21)(H,22,23). The number of carbonyl (C=O) groups excluding carboxylic acids is 2. The molecule has 1 heterocycles. The van der Waals surface area contributed by atoms with Crippen LogP contribution in [0.5, 0.6) is 5.75 Å². The number of carbonyl (C=O) groups is 4. The van der Waals surface area contributed by atoms with Crippen molar-refractivity contribution in [2.45, 2.75) is 6.54 Å². The first-order chi connectivity index (χ1) is 12.3. The van der Waals surface area contributed by atoms with E-state index in [2.05, 4.69) is 5.32 Å². The highest BCUT2D eigenvalue weighted by molar-refractivity contribution is 7.16. The highest BCUT2D eigenvalue weighted by Crippen LogP contribution is 2.28. The largest absolute Gasteiger partial charge is 0.478 e. The second-order valence-corrected chi connectivity index (χ2v) is 5.85. The highest BCUT2D eigenvalue weighted by atomic mass is 32.1. The number of aromatic carboxylic acids is 1. The number of thiophene rings is 1.